The lowest BCUT2D eigenvalue weighted by Gasteiger charge is -2.05. The molecular weight excluding hydrogens is 278 g/mol. The summed E-state index contributed by atoms with van der Waals surface area (Å²) in [6.45, 7) is 4.59. The van der Waals surface area contributed by atoms with Gasteiger partial charge >= 0.3 is 6.23 Å². The molecule has 0 aliphatic rings. The summed E-state index contributed by atoms with van der Waals surface area (Å²) in [4.78, 5) is 9.63. The van der Waals surface area contributed by atoms with Gasteiger partial charge in [-0.05, 0) is 12.3 Å². The highest BCUT2D eigenvalue weighted by atomic mass is 16.7. The fourth-order valence-corrected chi connectivity index (χ4v) is 2.75. The van der Waals surface area contributed by atoms with E-state index in [2.05, 4.69) is 13.8 Å². The number of unbranched alkanes of at least 4 members (excludes halogenated alkanes) is 11. The molecule has 0 fully saturated rings. The largest absolute Gasteiger partial charge is 0.333 e. The quantitative estimate of drug-likeness (QED) is 0.172. The summed E-state index contributed by atoms with van der Waals surface area (Å²) in [6.07, 6.45) is 15.3. The molecule has 0 radical (unpaired) electrons. The highest BCUT2D eigenvalue weighted by Gasteiger charge is 2.13. The van der Waals surface area contributed by atoms with Crippen molar-refractivity contribution in [3.8, 4) is 0 Å². The minimum atomic E-state index is -1.36. The van der Waals surface area contributed by atoms with E-state index in [1.807, 2.05) is 0 Å². The van der Waals surface area contributed by atoms with Crippen molar-refractivity contribution in [2.75, 3.05) is 0 Å². The van der Waals surface area contributed by atoms with Crippen LogP contribution in [0.5, 0.6) is 0 Å². The minimum Gasteiger partial charge on any atom is -0.333 e. The zero-order chi connectivity index (χ0) is 16.6. The van der Waals surface area contributed by atoms with Gasteiger partial charge in [0.25, 0.3) is 0 Å². The SMILES string of the molecule is CC(C)CCCCCCCCCCCCCCC(O)[N+](=O)[O-]. The van der Waals surface area contributed by atoms with Crippen molar-refractivity contribution in [3.63, 3.8) is 0 Å². The minimum absolute atomic E-state index is 0.295. The molecule has 0 aromatic rings. The smallest absolute Gasteiger partial charge is 0.312 e. The van der Waals surface area contributed by atoms with Gasteiger partial charge in [0.1, 0.15) is 0 Å². The predicted octanol–water partition coefficient (Wildman–Crippen LogP) is 5.70. The molecule has 132 valence electrons. The first-order valence-electron chi connectivity index (χ1n) is 9.35. The van der Waals surface area contributed by atoms with Crippen molar-refractivity contribution in [1.82, 2.24) is 0 Å². The molecule has 4 nitrogen and oxygen atoms in total. The topological polar surface area (TPSA) is 63.4 Å². The van der Waals surface area contributed by atoms with Gasteiger partial charge in [-0.2, -0.15) is 0 Å². The molecule has 0 saturated carbocycles. The number of nitro groups is 1. The average Bonchev–Trinajstić information content (AvgIpc) is 2.46. The summed E-state index contributed by atoms with van der Waals surface area (Å²) in [5, 5.41) is 19.3. The van der Waals surface area contributed by atoms with E-state index >= 15 is 0 Å². The second-order valence-electron chi connectivity index (χ2n) is 6.98. The summed E-state index contributed by atoms with van der Waals surface area (Å²) in [5.74, 6) is 0.850. The van der Waals surface area contributed by atoms with Crippen LogP contribution in [0.3, 0.4) is 0 Å². The molecule has 0 aliphatic carbocycles. The van der Waals surface area contributed by atoms with Gasteiger partial charge < -0.3 is 5.11 Å². The molecule has 1 atom stereocenters. The summed E-state index contributed by atoms with van der Waals surface area (Å²) < 4.78 is 0. The van der Waals surface area contributed by atoms with Gasteiger partial charge in [-0.15, -0.1) is 0 Å². The van der Waals surface area contributed by atoms with Crippen molar-refractivity contribution in [1.29, 1.82) is 0 Å². The van der Waals surface area contributed by atoms with Gasteiger partial charge in [0.15, 0.2) is 0 Å². The Balaban J connectivity index is 3.07. The van der Waals surface area contributed by atoms with Crippen LogP contribution in [0.25, 0.3) is 0 Å². The predicted molar refractivity (Wildman–Crippen MR) is 92.5 cm³/mol. The molecule has 0 rings (SSSR count). The maximum Gasteiger partial charge on any atom is 0.312 e. The molecule has 0 spiro atoms. The maximum absolute atomic E-state index is 10.2. The van der Waals surface area contributed by atoms with Gasteiger partial charge in [0.05, 0.1) is 4.92 Å². The van der Waals surface area contributed by atoms with Crippen molar-refractivity contribution in [2.24, 2.45) is 5.92 Å². The van der Waals surface area contributed by atoms with Gasteiger partial charge in [-0.25, -0.2) is 0 Å². The third-order valence-corrected chi connectivity index (χ3v) is 4.24. The number of hydrogen-bond acceptors (Lipinski definition) is 3. The second kappa shape index (κ2) is 15.3. The van der Waals surface area contributed by atoms with Gasteiger partial charge in [-0.1, -0.05) is 90.9 Å². The van der Waals surface area contributed by atoms with Crippen molar-refractivity contribution in [3.05, 3.63) is 10.1 Å². The van der Waals surface area contributed by atoms with Crippen molar-refractivity contribution >= 4 is 0 Å². The second-order valence-corrected chi connectivity index (χ2v) is 6.98. The van der Waals surface area contributed by atoms with Gasteiger partial charge in [-0.3, -0.25) is 10.1 Å². The first kappa shape index (κ1) is 21.4. The standard InChI is InChI=1S/C18H37NO3/c1-17(2)15-13-11-9-7-5-3-4-6-8-10-12-14-16-18(20)19(21)22/h17-18,20H,3-16H2,1-2H3. The van der Waals surface area contributed by atoms with Crippen LogP contribution in [0.15, 0.2) is 0 Å². The Bertz CT molecular complexity index is 257. The molecule has 0 aromatic carbocycles. The number of nitrogens with zero attached hydrogens (tertiary/aromatic N) is 1. The third kappa shape index (κ3) is 15.7. The van der Waals surface area contributed by atoms with Crippen LogP contribution < -0.4 is 0 Å². The third-order valence-electron chi connectivity index (χ3n) is 4.24. The molecule has 1 unspecified atom stereocenters. The summed E-state index contributed by atoms with van der Waals surface area (Å²) in [6, 6.07) is 0. The average molecular weight is 315 g/mol. The molecule has 4 heteroatoms. The fourth-order valence-electron chi connectivity index (χ4n) is 2.75. The van der Waals surface area contributed by atoms with E-state index in [-0.39, 0.29) is 0 Å². The first-order chi connectivity index (χ1) is 10.5. The molecule has 22 heavy (non-hydrogen) atoms. The fraction of sp³-hybridized carbons (Fsp3) is 1.00. The van der Waals surface area contributed by atoms with E-state index in [4.69, 9.17) is 5.11 Å². The lowest BCUT2D eigenvalue weighted by atomic mass is 10.0. The molecule has 0 heterocycles. The van der Waals surface area contributed by atoms with Crippen LogP contribution in [0.1, 0.15) is 104 Å². The van der Waals surface area contributed by atoms with E-state index in [1.54, 1.807) is 0 Å². The Morgan fingerprint density at radius 3 is 1.36 bits per heavy atom. The van der Waals surface area contributed by atoms with E-state index in [0.717, 1.165) is 25.2 Å². The number of rotatable bonds is 16. The number of aliphatic hydroxyl groups excluding tert-OH is 1. The highest BCUT2D eigenvalue weighted by Crippen LogP contribution is 2.14. The molecule has 0 bridgehead atoms. The van der Waals surface area contributed by atoms with Crippen molar-refractivity contribution in [2.45, 2.75) is 110 Å². The maximum atomic E-state index is 10.2. The molecule has 0 aliphatic heterocycles. The van der Waals surface area contributed by atoms with E-state index in [9.17, 15) is 10.1 Å². The Morgan fingerprint density at radius 2 is 1.05 bits per heavy atom. The Hall–Kier alpha value is -0.640. The lowest BCUT2D eigenvalue weighted by Crippen LogP contribution is -2.17. The molecule has 1 N–H and O–H groups in total. The van der Waals surface area contributed by atoms with Crippen molar-refractivity contribution < 1.29 is 10.0 Å². The van der Waals surface area contributed by atoms with Gasteiger partial charge in [0, 0.05) is 6.42 Å². The van der Waals surface area contributed by atoms with E-state index < -0.39 is 11.2 Å². The summed E-state index contributed by atoms with van der Waals surface area (Å²) in [7, 11) is 0. The van der Waals surface area contributed by atoms with Crippen LogP contribution in [0.2, 0.25) is 0 Å². The van der Waals surface area contributed by atoms with Crippen LogP contribution in [0, 0.1) is 16.0 Å². The Kier molecular flexibility index (Phi) is 14.8. The first-order valence-corrected chi connectivity index (χ1v) is 9.35. The monoisotopic (exact) mass is 315 g/mol. The van der Waals surface area contributed by atoms with Crippen LogP contribution in [-0.2, 0) is 0 Å². The van der Waals surface area contributed by atoms with Crippen LogP contribution in [-0.4, -0.2) is 16.3 Å². The Morgan fingerprint density at radius 1 is 0.727 bits per heavy atom. The number of hydrogen-bond donors (Lipinski definition) is 1. The zero-order valence-electron chi connectivity index (χ0n) is 14.8. The summed E-state index contributed by atoms with van der Waals surface area (Å²) >= 11 is 0. The normalized spacial score (nSPS) is 12.7. The molecule has 0 aromatic heterocycles. The lowest BCUT2D eigenvalue weighted by molar-refractivity contribution is -0.571. The zero-order valence-corrected chi connectivity index (χ0v) is 14.8. The number of aliphatic hydroxyl groups is 1. The van der Waals surface area contributed by atoms with E-state index in [0.29, 0.717) is 6.42 Å². The summed E-state index contributed by atoms with van der Waals surface area (Å²) in [5.41, 5.74) is 0. The van der Waals surface area contributed by atoms with E-state index in [1.165, 1.54) is 64.2 Å². The molecule has 0 amide bonds. The van der Waals surface area contributed by atoms with Crippen LogP contribution in [0.4, 0.5) is 0 Å². The molecular formula is C18H37NO3. The van der Waals surface area contributed by atoms with Crippen LogP contribution >= 0.6 is 0 Å². The van der Waals surface area contributed by atoms with Gasteiger partial charge in [0.2, 0.25) is 0 Å². The molecule has 0 saturated heterocycles. The highest BCUT2D eigenvalue weighted by molar-refractivity contribution is 4.51. The Labute approximate surface area is 136 Å².